The molecule has 0 N–H and O–H groups in total. The number of nitrogens with zero attached hydrogens (tertiary/aromatic N) is 8. The van der Waals surface area contributed by atoms with Crippen LogP contribution in [-0.2, 0) is 21.7 Å². The van der Waals surface area contributed by atoms with E-state index in [1.54, 1.807) is 0 Å². The summed E-state index contributed by atoms with van der Waals surface area (Å²) < 4.78 is 5.03. The molecule has 0 amide bonds. The summed E-state index contributed by atoms with van der Waals surface area (Å²) in [4.78, 5) is 30.2. The SMILES string of the molecule is CC1(C)c2ccccc2C2(c3ccccc3-n3c4ccccc4c4cccc2c43)c2cccc(-c3ccc(-c4nc(-c5ccccc5)nc(-c5ccc(-c6ccccc6)cc5)n4)cc3)c21.CC1(C)c2ccccc2C2(c3ccccc3-n3c4ccccc4c4cccc2c43)c2cccc(-c3ccc(-c4nc(-c5ccccc5)nc(-c5ccccc5)n4)cc3)c21. The van der Waals surface area contributed by atoms with E-state index in [9.17, 15) is 0 Å². The maximum atomic E-state index is 5.13. The molecular weight excluding hydrogens is 1510 g/mol. The zero-order valence-corrected chi connectivity index (χ0v) is 68.8. The third kappa shape index (κ3) is 10.7. The van der Waals surface area contributed by atoms with Crippen LogP contribution < -0.4 is 0 Å². The van der Waals surface area contributed by atoms with Gasteiger partial charge in [-0.2, -0.15) is 0 Å². The van der Waals surface area contributed by atoms with Gasteiger partial charge in [0.15, 0.2) is 34.9 Å². The van der Waals surface area contributed by atoms with Crippen molar-refractivity contribution in [3.05, 3.63) is 479 Å². The fraction of sp³-hybridized carbons (Fsp3) is 0.0690. The zero-order valence-electron chi connectivity index (χ0n) is 68.8. The van der Waals surface area contributed by atoms with E-state index in [0.29, 0.717) is 34.9 Å². The van der Waals surface area contributed by atoms with Gasteiger partial charge in [0, 0.05) is 65.8 Å². The Labute approximate surface area is 719 Å². The van der Waals surface area contributed by atoms with Crippen molar-refractivity contribution < 1.29 is 0 Å². The van der Waals surface area contributed by atoms with Crippen LogP contribution in [0.25, 0.3) is 157 Å². The Morgan fingerprint density at radius 2 is 0.419 bits per heavy atom. The summed E-state index contributed by atoms with van der Waals surface area (Å²) in [5.41, 5.74) is 34.5. The molecule has 0 fully saturated rings. The van der Waals surface area contributed by atoms with Gasteiger partial charge in [0.25, 0.3) is 0 Å². The van der Waals surface area contributed by atoms with Crippen LogP contribution in [0.2, 0.25) is 0 Å². The average molecular weight is 1590 g/mol. The van der Waals surface area contributed by atoms with Crippen molar-refractivity contribution in [1.82, 2.24) is 39.0 Å². The van der Waals surface area contributed by atoms with Gasteiger partial charge in [-0.25, -0.2) is 29.9 Å². The van der Waals surface area contributed by atoms with E-state index in [1.165, 1.54) is 138 Å². The summed E-state index contributed by atoms with van der Waals surface area (Å²) in [5, 5.41) is 5.12. The summed E-state index contributed by atoms with van der Waals surface area (Å²) in [6.45, 7) is 9.63. The number of rotatable bonds is 9. The van der Waals surface area contributed by atoms with Gasteiger partial charge in [-0.3, -0.25) is 0 Å². The second kappa shape index (κ2) is 28.0. The first kappa shape index (κ1) is 72.4. The standard InChI is InChI=1S/C61H42N4.C55H38N4/c1-60(2)48-24-10-11-25-49(48)61(50-26-12-14-30-54(50)65-53-29-13-9-21-46(53)47-23-16-28-52(61)56(47)65)51-27-15-22-45(55(51)60)41-33-37-44(38-34-41)59-63-57(42-19-7-4-8-20-42)62-58(64-59)43-35-31-40(32-36-43)39-17-5-3-6-18-39;1-54(2)42-24-10-11-25-43(42)55(44-26-12-14-30-48(44)59-47-29-13-9-21-40(47)41-23-16-28-46(55)50(41)59)45-27-15-22-39(49(45)54)35-31-33-38(34-32-35)53-57-51(36-17-5-3-6-18-36)56-52(58-53)37-19-7-4-8-20-37/h3-38H,1-2H3;3-34H,1-2H3. The third-order valence-corrected chi connectivity index (χ3v) is 27.0. The molecule has 0 radical (unpaired) electrons. The predicted molar refractivity (Wildman–Crippen MR) is 505 cm³/mol. The van der Waals surface area contributed by atoms with Crippen LogP contribution in [0.4, 0.5) is 0 Å². The minimum absolute atomic E-state index is 0.303. The van der Waals surface area contributed by atoms with Gasteiger partial charge >= 0.3 is 0 Å². The van der Waals surface area contributed by atoms with Crippen molar-refractivity contribution in [1.29, 1.82) is 0 Å². The summed E-state index contributed by atoms with van der Waals surface area (Å²) in [5.74, 6) is 3.88. The summed E-state index contributed by atoms with van der Waals surface area (Å²) >= 11 is 0. The number of hydrogen-bond donors (Lipinski definition) is 0. The molecule has 4 aromatic heterocycles. The molecule has 2 unspecified atom stereocenters. The lowest BCUT2D eigenvalue weighted by Gasteiger charge is -2.50. The van der Waals surface area contributed by atoms with Crippen LogP contribution >= 0.6 is 0 Å². The van der Waals surface area contributed by atoms with E-state index >= 15 is 0 Å². The lowest BCUT2D eigenvalue weighted by molar-refractivity contribution is 0.557. The van der Waals surface area contributed by atoms with Crippen molar-refractivity contribution in [3.63, 3.8) is 0 Å². The molecule has 25 rings (SSSR count). The van der Waals surface area contributed by atoms with Crippen LogP contribution in [0.15, 0.2) is 413 Å². The molecule has 2 spiro atoms. The van der Waals surface area contributed by atoms with Crippen molar-refractivity contribution in [2.45, 2.75) is 49.4 Å². The molecule has 2 atom stereocenters. The van der Waals surface area contributed by atoms with E-state index in [2.05, 4.69) is 364 Å². The average Bonchev–Trinajstić information content (AvgIpc) is 1.19. The highest BCUT2D eigenvalue weighted by Crippen LogP contribution is 2.64. The molecule has 4 aliphatic rings. The van der Waals surface area contributed by atoms with Gasteiger partial charge in [0.2, 0.25) is 0 Å². The number of para-hydroxylation sites is 6. The lowest BCUT2D eigenvalue weighted by Crippen LogP contribution is -2.44. The highest BCUT2D eigenvalue weighted by molar-refractivity contribution is 6.14. The maximum absolute atomic E-state index is 5.13. The Kier molecular flexibility index (Phi) is 16.3. The number of hydrogen-bond acceptors (Lipinski definition) is 6. The van der Waals surface area contributed by atoms with Gasteiger partial charge in [-0.15, -0.1) is 0 Å². The van der Waals surface area contributed by atoms with Crippen LogP contribution in [0.1, 0.15) is 94.5 Å². The Bertz CT molecular complexity index is 7830. The van der Waals surface area contributed by atoms with Crippen molar-refractivity contribution in [2.24, 2.45) is 0 Å². The fourth-order valence-electron chi connectivity index (χ4n) is 21.7. The molecule has 8 heteroatoms. The van der Waals surface area contributed by atoms with Crippen molar-refractivity contribution in [2.75, 3.05) is 0 Å². The maximum Gasteiger partial charge on any atom is 0.164 e. The van der Waals surface area contributed by atoms with E-state index in [0.717, 1.165) is 50.1 Å². The minimum atomic E-state index is -0.563. The number of aromatic nitrogens is 8. The molecule has 2 aliphatic carbocycles. The van der Waals surface area contributed by atoms with Crippen LogP contribution in [0.3, 0.4) is 0 Å². The van der Waals surface area contributed by atoms with Gasteiger partial charge in [0.05, 0.1) is 44.3 Å². The van der Waals surface area contributed by atoms with Gasteiger partial charge in [-0.05, 0) is 124 Å². The molecule has 0 saturated heterocycles. The third-order valence-electron chi connectivity index (χ3n) is 27.0. The highest BCUT2D eigenvalue weighted by atomic mass is 15.1. The largest absolute Gasteiger partial charge is 0.309 e. The minimum Gasteiger partial charge on any atom is -0.309 e. The highest BCUT2D eigenvalue weighted by Gasteiger charge is 2.55. The molecule has 584 valence electrons. The van der Waals surface area contributed by atoms with Crippen molar-refractivity contribution >= 4 is 43.6 Å². The summed E-state index contributed by atoms with van der Waals surface area (Å²) in [6.07, 6.45) is 0. The first-order valence-electron chi connectivity index (χ1n) is 42.8. The van der Waals surface area contributed by atoms with Crippen LogP contribution in [0, 0.1) is 0 Å². The molecule has 124 heavy (non-hydrogen) atoms. The Morgan fingerprint density at radius 3 is 0.782 bits per heavy atom. The Hall–Kier alpha value is -15.6. The van der Waals surface area contributed by atoms with E-state index < -0.39 is 10.8 Å². The first-order valence-corrected chi connectivity index (χ1v) is 42.8. The summed E-state index contributed by atoms with van der Waals surface area (Å²) in [6, 6.07) is 149. The van der Waals surface area contributed by atoms with Gasteiger partial charge < -0.3 is 9.13 Å². The molecular formula is C116H80N8. The van der Waals surface area contributed by atoms with Gasteiger partial charge in [0.1, 0.15) is 0 Å². The molecule has 21 aromatic rings. The predicted octanol–water partition coefficient (Wildman–Crippen LogP) is 27.6. The smallest absolute Gasteiger partial charge is 0.164 e. The zero-order chi connectivity index (χ0) is 82.6. The topological polar surface area (TPSA) is 87.2 Å². The first-order chi connectivity index (χ1) is 61.0. The molecule has 6 heterocycles. The van der Waals surface area contributed by atoms with Crippen LogP contribution in [0.5, 0.6) is 0 Å². The van der Waals surface area contributed by atoms with Crippen LogP contribution in [-0.4, -0.2) is 39.0 Å². The lowest BCUT2D eigenvalue weighted by atomic mass is 9.52. The molecule has 8 nitrogen and oxygen atoms in total. The normalized spacial score (nSPS) is 15.6. The molecule has 0 saturated carbocycles. The molecule has 0 bridgehead atoms. The quantitative estimate of drug-likeness (QED) is 0.143. The summed E-state index contributed by atoms with van der Waals surface area (Å²) in [7, 11) is 0. The van der Waals surface area contributed by atoms with E-state index in [-0.39, 0.29) is 10.8 Å². The Balaban J connectivity index is 0.000000140. The number of fused-ring (bicyclic) bond motifs is 22. The number of benzene rings is 17. The second-order valence-electron chi connectivity index (χ2n) is 34.2. The second-order valence-corrected chi connectivity index (χ2v) is 34.2. The monoisotopic (exact) mass is 1580 g/mol. The molecule has 2 aliphatic heterocycles. The Morgan fingerprint density at radius 1 is 0.177 bits per heavy atom. The van der Waals surface area contributed by atoms with Crippen molar-refractivity contribution in [3.8, 4) is 113 Å². The van der Waals surface area contributed by atoms with E-state index in [1.807, 2.05) is 84.9 Å². The van der Waals surface area contributed by atoms with E-state index in [4.69, 9.17) is 29.9 Å². The van der Waals surface area contributed by atoms with Gasteiger partial charge in [-0.1, -0.05) is 416 Å². The fourth-order valence-corrected chi connectivity index (χ4v) is 21.7. The molecule has 17 aromatic carbocycles.